The topological polar surface area (TPSA) is 78.0 Å². The number of halogens is 3. The molecule has 6 nitrogen and oxygen atoms in total. The van der Waals surface area contributed by atoms with Crippen LogP contribution in [0.3, 0.4) is 0 Å². The van der Waals surface area contributed by atoms with Gasteiger partial charge in [-0.1, -0.05) is 23.2 Å². The number of hydrogen-bond donors (Lipinski definition) is 2. The zero-order valence-electron chi connectivity index (χ0n) is 17.3. The smallest absolute Gasteiger partial charge is 0.166 e. The predicted molar refractivity (Wildman–Crippen MR) is 116 cm³/mol. The minimum Gasteiger partial charge on any atom is -0.482 e. The molecular weight excluding hydrogens is 428 g/mol. The molecule has 2 unspecified atom stereocenters. The molecule has 158 valence electrons. The van der Waals surface area contributed by atoms with Crippen LogP contribution in [0.5, 0.6) is 5.75 Å². The van der Waals surface area contributed by atoms with Crippen molar-refractivity contribution < 1.29 is 10.5 Å². The van der Waals surface area contributed by atoms with E-state index < -0.39 is 11.9 Å². The van der Waals surface area contributed by atoms with Crippen LogP contribution >= 0.6 is 23.2 Å². The first-order valence-electron chi connectivity index (χ1n) is 10.2. The number of nitrogens with zero attached hydrogens (tertiary/aromatic N) is 3. The lowest BCUT2D eigenvalue weighted by Crippen LogP contribution is -2.29. The number of aromatic nitrogens is 3. The van der Waals surface area contributed by atoms with Crippen LogP contribution < -0.4 is 15.8 Å². The number of nitrogens with one attached hydrogen (secondary N) is 1. The van der Waals surface area contributed by atoms with Crippen LogP contribution in [0, 0.1) is 5.82 Å². The molecular formula is C21H22Cl2FN5O. The Hall–Kier alpha value is -2.35. The number of piperidine rings is 1. The highest BCUT2D eigenvalue weighted by Crippen LogP contribution is 2.37. The predicted octanol–water partition coefficient (Wildman–Crippen LogP) is 5.04. The lowest BCUT2D eigenvalue weighted by molar-refractivity contribution is 0.227. The zero-order valence-corrected chi connectivity index (χ0v) is 17.8. The third-order valence-electron chi connectivity index (χ3n) is 5.10. The first kappa shape index (κ1) is 19.6. The summed E-state index contributed by atoms with van der Waals surface area (Å²) in [5.41, 5.74) is 7.94. The molecule has 0 saturated carbocycles. The fourth-order valence-corrected chi connectivity index (χ4v) is 4.15. The van der Waals surface area contributed by atoms with Crippen molar-refractivity contribution >= 4 is 29.0 Å². The van der Waals surface area contributed by atoms with E-state index in [9.17, 15) is 4.39 Å². The lowest BCUT2D eigenvalue weighted by Gasteiger charge is -2.22. The van der Waals surface area contributed by atoms with E-state index in [0.29, 0.717) is 22.9 Å². The standard InChI is InChI=1S/C21H22Cl2FN5O/c1-12(19-16(22)2-3-17(24)20(19)23)30-18-8-13(9-27-21(18)25)14-10-28-29(11-14)15-4-6-26-7-5-15/h2-3,8-12,15,26H,4-7H2,1H3,(H2,25,27)/t12-/m1/s1/i4D/t4?,12-,15?. The van der Waals surface area contributed by atoms with Crippen LogP contribution in [-0.4, -0.2) is 27.9 Å². The van der Waals surface area contributed by atoms with Crippen molar-refractivity contribution in [1.29, 1.82) is 0 Å². The van der Waals surface area contributed by atoms with Gasteiger partial charge < -0.3 is 15.8 Å². The first-order chi connectivity index (χ1) is 14.8. The highest BCUT2D eigenvalue weighted by atomic mass is 35.5. The molecule has 1 fully saturated rings. The van der Waals surface area contributed by atoms with E-state index in [-0.39, 0.29) is 23.3 Å². The van der Waals surface area contributed by atoms with E-state index in [1.165, 1.54) is 12.1 Å². The SMILES string of the molecule is [2H]C1CNCCC1n1cc(-c2cnc(N)c(O[C@H](C)c3c(Cl)ccc(F)c3Cl)c2)cn1. The summed E-state index contributed by atoms with van der Waals surface area (Å²) in [6.07, 6.45) is 5.20. The second-order valence-corrected chi connectivity index (χ2v) is 7.91. The number of pyridine rings is 1. The summed E-state index contributed by atoms with van der Waals surface area (Å²) < 4.78 is 29.9. The Morgan fingerprint density at radius 1 is 1.33 bits per heavy atom. The van der Waals surface area contributed by atoms with Gasteiger partial charge in [0.2, 0.25) is 0 Å². The fourth-order valence-electron chi connectivity index (χ4n) is 3.47. The maximum Gasteiger partial charge on any atom is 0.166 e. The molecule has 3 heterocycles. The Kier molecular flexibility index (Phi) is 5.75. The molecule has 0 bridgehead atoms. The summed E-state index contributed by atoms with van der Waals surface area (Å²) in [7, 11) is 0. The van der Waals surface area contributed by atoms with Crippen LogP contribution in [0.4, 0.5) is 10.2 Å². The van der Waals surface area contributed by atoms with Crippen LogP contribution in [0.2, 0.25) is 10.0 Å². The number of nitrogens with two attached hydrogens (primary N) is 1. The van der Waals surface area contributed by atoms with Gasteiger partial charge in [0.15, 0.2) is 11.6 Å². The molecule has 3 aromatic rings. The number of nitrogen functional groups attached to an aromatic ring is 1. The lowest BCUT2D eigenvalue weighted by atomic mass is 10.1. The third kappa shape index (κ3) is 4.24. The van der Waals surface area contributed by atoms with Crippen molar-refractivity contribution in [3.8, 4) is 16.9 Å². The van der Waals surface area contributed by atoms with Crippen LogP contribution in [-0.2, 0) is 0 Å². The number of hydrogen-bond acceptors (Lipinski definition) is 5. The average Bonchev–Trinajstić information content (AvgIpc) is 3.23. The van der Waals surface area contributed by atoms with Gasteiger partial charge in [0.05, 0.1) is 17.3 Å². The first-order valence-corrected chi connectivity index (χ1v) is 10.3. The summed E-state index contributed by atoms with van der Waals surface area (Å²) in [4.78, 5) is 4.23. The van der Waals surface area contributed by atoms with Gasteiger partial charge in [-0.3, -0.25) is 4.68 Å². The van der Waals surface area contributed by atoms with E-state index in [2.05, 4.69) is 15.4 Å². The van der Waals surface area contributed by atoms with E-state index in [1.54, 1.807) is 25.4 Å². The van der Waals surface area contributed by atoms with Gasteiger partial charge >= 0.3 is 0 Å². The maximum absolute atomic E-state index is 13.9. The van der Waals surface area contributed by atoms with Gasteiger partial charge in [-0.25, -0.2) is 9.37 Å². The van der Waals surface area contributed by atoms with Crippen molar-refractivity contribution in [2.24, 2.45) is 0 Å². The molecule has 1 aromatic carbocycles. The molecule has 3 N–H and O–H groups in total. The Morgan fingerprint density at radius 2 is 2.17 bits per heavy atom. The molecule has 0 radical (unpaired) electrons. The number of benzene rings is 1. The summed E-state index contributed by atoms with van der Waals surface area (Å²) >= 11 is 12.3. The van der Waals surface area contributed by atoms with E-state index in [0.717, 1.165) is 24.1 Å². The zero-order chi connectivity index (χ0) is 22.1. The summed E-state index contributed by atoms with van der Waals surface area (Å²) in [5, 5.41) is 7.88. The van der Waals surface area contributed by atoms with E-state index in [1.807, 2.05) is 10.9 Å². The molecule has 9 heteroatoms. The van der Waals surface area contributed by atoms with Crippen molar-refractivity contribution in [2.75, 3.05) is 18.8 Å². The van der Waals surface area contributed by atoms with Gasteiger partial charge in [-0.15, -0.1) is 0 Å². The van der Waals surface area contributed by atoms with E-state index >= 15 is 0 Å². The number of rotatable bonds is 5. The molecule has 1 saturated heterocycles. The highest BCUT2D eigenvalue weighted by molar-refractivity contribution is 6.36. The van der Waals surface area contributed by atoms with E-state index in [4.69, 9.17) is 35.0 Å². The van der Waals surface area contributed by atoms with Gasteiger partial charge in [-0.2, -0.15) is 5.10 Å². The largest absolute Gasteiger partial charge is 0.482 e. The monoisotopic (exact) mass is 450 g/mol. The summed E-state index contributed by atoms with van der Waals surface area (Å²) in [6.45, 7) is 3.21. The van der Waals surface area contributed by atoms with Crippen molar-refractivity contribution in [2.45, 2.75) is 31.9 Å². The normalized spacial score (nSPS) is 20.6. The molecule has 30 heavy (non-hydrogen) atoms. The third-order valence-corrected chi connectivity index (χ3v) is 5.81. The van der Waals surface area contributed by atoms with Gasteiger partial charge in [0, 0.05) is 35.5 Å². The molecule has 0 spiro atoms. The van der Waals surface area contributed by atoms with Crippen LogP contribution in [0.1, 0.15) is 38.8 Å². The van der Waals surface area contributed by atoms with Crippen molar-refractivity contribution in [3.05, 3.63) is 58.2 Å². The molecule has 1 aliphatic rings. The molecule has 0 amide bonds. The van der Waals surface area contributed by atoms with Gasteiger partial charge in [0.25, 0.3) is 0 Å². The molecule has 4 rings (SSSR count). The number of ether oxygens (including phenoxy) is 1. The highest BCUT2D eigenvalue weighted by Gasteiger charge is 2.21. The molecule has 3 atom stereocenters. The number of anilines is 1. The summed E-state index contributed by atoms with van der Waals surface area (Å²) in [5.74, 6) is -0.0556. The molecule has 1 aliphatic heterocycles. The minimum atomic E-state index is -0.656. The summed E-state index contributed by atoms with van der Waals surface area (Å²) in [6, 6.07) is 4.41. The van der Waals surface area contributed by atoms with Gasteiger partial charge in [-0.05, 0) is 51.0 Å². The quantitative estimate of drug-likeness (QED) is 0.532. The van der Waals surface area contributed by atoms with Crippen LogP contribution in [0.25, 0.3) is 11.1 Å². The minimum absolute atomic E-state index is 0.0183. The second kappa shape index (κ2) is 8.79. The fraction of sp³-hybridized carbons (Fsp3) is 0.333. The Labute approximate surface area is 185 Å². The maximum atomic E-state index is 13.9. The average molecular weight is 451 g/mol. The van der Waals surface area contributed by atoms with Crippen LogP contribution in [0.15, 0.2) is 36.8 Å². The second-order valence-electron chi connectivity index (χ2n) is 7.13. The van der Waals surface area contributed by atoms with Gasteiger partial charge in [0.1, 0.15) is 11.9 Å². The van der Waals surface area contributed by atoms with Crippen molar-refractivity contribution in [3.63, 3.8) is 0 Å². The Balaban J connectivity index is 1.59. The molecule has 0 aliphatic carbocycles. The Bertz CT molecular complexity index is 1100. The Morgan fingerprint density at radius 3 is 2.97 bits per heavy atom. The molecule has 2 aromatic heterocycles. The van der Waals surface area contributed by atoms with Crippen molar-refractivity contribution in [1.82, 2.24) is 20.1 Å².